The predicted molar refractivity (Wildman–Crippen MR) is 82.4 cm³/mol. The van der Waals surface area contributed by atoms with Gasteiger partial charge in [-0.05, 0) is 40.0 Å². The Morgan fingerprint density at radius 1 is 1.18 bits per heavy atom. The molecule has 1 rings (SSSR count). The van der Waals surface area contributed by atoms with Crippen LogP contribution in [0.25, 0.3) is 0 Å². The lowest BCUT2D eigenvalue weighted by atomic mass is 9.74. The van der Waals surface area contributed by atoms with Crippen LogP contribution in [0.15, 0.2) is 0 Å². The van der Waals surface area contributed by atoms with Gasteiger partial charge in [-0.2, -0.15) is 0 Å². The van der Waals surface area contributed by atoms with Gasteiger partial charge in [0.1, 0.15) is 5.60 Å². The molecule has 1 saturated heterocycles. The van der Waals surface area contributed by atoms with Gasteiger partial charge in [0.25, 0.3) is 0 Å². The minimum absolute atomic E-state index is 0.273. The van der Waals surface area contributed by atoms with E-state index in [1.54, 1.807) is 18.7 Å². The van der Waals surface area contributed by atoms with Gasteiger partial charge in [0.05, 0.1) is 7.11 Å². The van der Waals surface area contributed by atoms with Gasteiger partial charge in [0.15, 0.2) is 6.10 Å². The number of nitrogens with zero attached hydrogens (tertiary/aromatic N) is 1. The number of hydrogen-bond donors (Lipinski definition) is 1. The number of aliphatic hydroxyl groups excluding tert-OH is 1. The monoisotopic (exact) mass is 315 g/mol. The second kappa shape index (κ2) is 6.86. The molecule has 0 aromatic rings. The Morgan fingerprint density at radius 3 is 2.27 bits per heavy atom. The first-order valence-electron chi connectivity index (χ1n) is 7.76. The van der Waals surface area contributed by atoms with Gasteiger partial charge in [0.2, 0.25) is 0 Å². The molecular weight excluding hydrogens is 286 g/mol. The molecule has 1 aliphatic heterocycles. The van der Waals surface area contributed by atoms with Crippen LogP contribution in [-0.4, -0.2) is 53.5 Å². The molecule has 1 heterocycles. The van der Waals surface area contributed by atoms with Crippen molar-refractivity contribution in [1.82, 2.24) is 4.90 Å². The second-order valence-electron chi connectivity index (χ2n) is 7.43. The van der Waals surface area contributed by atoms with E-state index in [0.717, 1.165) is 19.3 Å². The number of likely N-dealkylation sites (tertiary alicyclic amines) is 1. The SMILES string of the molecule is COC(=O)C(O)C(C)(C)C1CCCCN1C(=O)OC(C)(C)C. The van der Waals surface area contributed by atoms with Crippen LogP contribution in [0.4, 0.5) is 4.79 Å². The highest BCUT2D eigenvalue weighted by molar-refractivity contribution is 5.75. The van der Waals surface area contributed by atoms with E-state index >= 15 is 0 Å². The summed E-state index contributed by atoms with van der Waals surface area (Å²) in [6.07, 6.45) is 0.870. The summed E-state index contributed by atoms with van der Waals surface area (Å²) in [6.45, 7) is 9.58. The van der Waals surface area contributed by atoms with E-state index in [1.165, 1.54) is 7.11 Å². The average molecular weight is 315 g/mol. The van der Waals surface area contributed by atoms with Crippen molar-refractivity contribution < 1.29 is 24.2 Å². The molecule has 6 heteroatoms. The minimum Gasteiger partial charge on any atom is -0.467 e. The molecular formula is C16H29NO5. The summed E-state index contributed by atoms with van der Waals surface area (Å²) in [6, 6.07) is -0.273. The van der Waals surface area contributed by atoms with Crippen LogP contribution in [0.1, 0.15) is 53.9 Å². The molecule has 2 unspecified atom stereocenters. The molecule has 1 N–H and O–H groups in total. The maximum atomic E-state index is 12.4. The Labute approximate surface area is 132 Å². The van der Waals surface area contributed by atoms with Crippen molar-refractivity contribution in [3.8, 4) is 0 Å². The molecule has 1 fully saturated rings. The van der Waals surface area contributed by atoms with Crippen LogP contribution in [0.2, 0.25) is 0 Å². The van der Waals surface area contributed by atoms with Crippen LogP contribution in [0.5, 0.6) is 0 Å². The first-order chi connectivity index (χ1) is 10.0. The van der Waals surface area contributed by atoms with Gasteiger partial charge >= 0.3 is 12.1 Å². The second-order valence-corrected chi connectivity index (χ2v) is 7.43. The highest BCUT2D eigenvalue weighted by Crippen LogP contribution is 2.36. The van der Waals surface area contributed by atoms with Crippen molar-refractivity contribution in [2.24, 2.45) is 5.41 Å². The van der Waals surface area contributed by atoms with Gasteiger partial charge in [-0.3, -0.25) is 0 Å². The maximum absolute atomic E-state index is 12.4. The van der Waals surface area contributed by atoms with Crippen molar-refractivity contribution in [1.29, 1.82) is 0 Å². The number of esters is 1. The van der Waals surface area contributed by atoms with E-state index in [4.69, 9.17) is 4.74 Å². The number of ether oxygens (including phenoxy) is 2. The van der Waals surface area contributed by atoms with Crippen molar-refractivity contribution in [2.75, 3.05) is 13.7 Å². The van der Waals surface area contributed by atoms with E-state index in [2.05, 4.69) is 4.74 Å². The van der Waals surface area contributed by atoms with E-state index in [0.29, 0.717) is 6.54 Å². The third kappa shape index (κ3) is 4.35. The predicted octanol–water partition coefficient (Wildman–Crippen LogP) is 2.34. The van der Waals surface area contributed by atoms with Gasteiger partial charge in [-0.1, -0.05) is 13.8 Å². The number of carbonyl (C=O) groups is 2. The molecule has 0 aliphatic carbocycles. The highest BCUT2D eigenvalue weighted by Gasteiger charge is 2.46. The summed E-state index contributed by atoms with van der Waals surface area (Å²) < 4.78 is 10.1. The summed E-state index contributed by atoms with van der Waals surface area (Å²) in [7, 11) is 1.24. The lowest BCUT2D eigenvalue weighted by molar-refractivity contribution is -0.161. The minimum atomic E-state index is -1.29. The van der Waals surface area contributed by atoms with Gasteiger partial charge < -0.3 is 19.5 Å². The first kappa shape index (κ1) is 18.7. The Bertz CT molecular complexity index is 413. The van der Waals surface area contributed by atoms with E-state index in [1.807, 2.05) is 20.8 Å². The first-order valence-corrected chi connectivity index (χ1v) is 7.76. The lowest BCUT2D eigenvalue weighted by Gasteiger charge is -2.46. The van der Waals surface area contributed by atoms with Crippen LogP contribution in [0.3, 0.4) is 0 Å². The number of amides is 1. The number of piperidine rings is 1. The van der Waals surface area contributed by atoms with Gasteiger partial charge in [-0.25, -0.2) is 9.59 Å². The fourth-order valence-corrected chi connectivity index (χ4v) is 2.84. The standard InChI is InChI=1S/C16H29NO5/c1-15(2,3)22-14(20)17-10-8-7-9-11(17)16(4,5)12(18)13(19)21-6/h11-12,18H,7-10H2,1-6H3. The zero-order valence-corrected chi connectivity index (χ0v) is 14.5. The number of rotatable bonds is 3. The Hall–Kier alpha value is -1.30. The average Bonchev–Trinajstić information content (AvgIpc) is 2.43. The summed E-state index contributed by atoms with van der Waals surface area (Å²) in [5.41, 5.74) is -1.39. The van der Waals surface area contributed by atoms with Crippen molar-refractivity contribution in [3.63, 3.8) is 0 Å². The van der Waals surface area contributed by atoms with Crippen LogP contribution >= 0.6 is 0 Å². The summed E-state index contributed by atoms with van der Waals surface area (Å²) in [4.78, 5) is 25.8. The zero-order chi connectivity index (χ0) is 17.1. The van der Waals surface area contributed by atoms with Crippen LogP contribution in [0, 0.1) is 5.41 Å². The lowest BCUT2D eigenvalue weighted by Crippen LogP contribution is -2.57. The van der Waals surface area contributed by atoms with Crippen molar-refractivity contribution in [3.05, 3.63) is 0 Å². The molecule has 128 valence electrons. The fourth-order valence-electron chi connectivity index (χ4n) is 2.84. The van der Waals surface area contributed by atoms with Crippen LogP contribution in [-0.2, 0) is 14.3 Å². The maximum Gasteiger partial charge on any atom is 0.410 e. The fraction of sp³-hybridized carbons (Fsp3) is 0.875. The third-order valence-electron chi connectivity index (χ3n) is 4.12. The molecule has 6 nitrogen and oxygen atoms in total. The van der Waals surface area contributed by atoms with Crippen molar-refractivity contribution >= 4 is 12.1 Å². The molecule has 0 radical (unpaired) electrons. The quantitative estimate of drug-likeness (QED) is 0.809. The Morgan fingerprint density at radius 2 is 1.77 bits per heavy atom. The normalized spacial score (nSPS) is 21.2. The molecule has 1 aliphatic rings. The molecule has 2 atom stereocenters. The van der Waals surface area contributed by atoms with Crippen molar-refractivity contribution in [2.45, 2.75) is 71.6 Å². The van der Waals surface area contributed by atoms with E-state index in [9.17, 15) is 14.7 Å². The smallest absolute Gasteiger partial charge is 0.410 e. The molecule has 0 spiro atoms. The number of aliphatic hydroxyl groups is 1. The highest BCUT2D eigenvalue weighted by atomic mass is 16.6. The molecule has 0 aromatic carbocycles. The molecule has 1 amide bonds. The van der Waals surface area contributed by atoms with Gasteiger partial charge in [-0.15, -0.1) is 0 Å². The molecule has 0 aromatic heterocycles. The third-order valence-corrected chi connectivity index (χ3v) is 4.12. The van der Waals surface area contributed by atoms with E-state index < -0.39 is 29.2 Å². The van der Waals surface area contributed by atoms with Crippen LogP contribution < -0.4 is 0 Å². The summed E-state index contributed by atoms with van der Waals surface area (Å²) in [5.74, 6) is -0.681. The molecule has 22 heavy (non-hydrogen) atoms. The Kier molecular flexibility index (Phi) is 5.84. The molecule has 0 saturated carbocycles. The topological polar surface area (TPSA) is 76.1 Å². The van der Waals surface area contributed by atoms with Gasteiger partial charge in [0, 0.05) is 18.0 Å². The molecule has 0 bridgehead atoms. The summed E-state index contributed by atoms with van der Waals surface area (Å²) >= 11 is 0. The number of hydrogen-bond acceptors (Lipinski definition) is 5. The Balaban J connectivity index is 2.97. The zero-order valence-electron chi connectivity index (χ0n) is 14.5. The summed E-state index contributed by atoms with van der Waals surface area (Å²) in [5, 5.41) is 10.3. The number of carbonyl (C=O) groups excluding carboxylic acids is 2. The number of methoxy groups -OCH3 is 1. The van der Waals surface area contributed by atoms with E-state index in [-0.39, 0.29) is 6.04 Å². The largest absolute Gasteiger partial charge is 0.467 e.